The zero-order chi connectivity index (χ0) is 11.4. The molecule has 1 aromatic carbocycles. The third-order valence-corrected chi connectivity index (χ3v) is 2.51. The van der Waals surface area contributed by atoms with Gasteiger partial charge in [0, 0.05) is 18.7 Å². The molecule has 5 nitrogen and oxygen atoms in total. The molecule has 17 heavy (non-hydrogen) atoms. The van der Waals surface area contributed by atoms with Crippen LogP contribution in [0.5, 0.6) is 5.75 Å². The predicted octanol–water partition coefficient (Wildman–Crippen LogP) is 1.93. The number of aromatic nitrogens is 1. The van der Waals surface area contributed by atoms with E-state index in [0.29, 0.717) is 11.3 Å². The summed E-state index contributed by atoms with van der Waals surface area (Å²) in [6, 6.07) is 9.10. The Bertz CT molecular complexity index is 517. The molecule has 0 aliphatic rings. The summed E-state index contributed by atoms with van der Waals surface area (Å²) in [5.74, 6) is 0.411. The van der Waals surface area contributed by atoms with Crippen LogP contribution < -0.4 is 4.89 Å². The Kier molecular flexibility index (Phi) is 6.12. The van der Waals surface area contributed by atoms with Gasteiger partial charge in [-0.25, -0.2) is 0 Å². The van der Waals surface area contributed by atoms with Crippen LogP contribution in [0.15, 0.2) is 36.5 Å². The SMILES string of the molecule is CO[PH](=O)OOc1cccc2cccnc12.[NaH]. The summed E-state index contributed by atoms with van der Waals surface area (Å²) in [5.41, 5.74) is 0.649. The topological polar surface area (TPSA) is 57.7 Å². The van der Waals surface area contributed by atoms with Gasteiger partial charge >= 0.3 is 37.8 Å². The van der Waals surface area contributed by atoms with Gasteiger partial charge < -0.3 is 9.41 Å². The molecule has 1 unspecified atom stereocenters. The summed E-state index contributed by atoms with van der Waals surface area (Å²) < 4.78 is 19.9. The Morgan fingerprint density at radius 3 is 2.76 bits per heavy atom. The first-order chi connectivity index (χ1) is 7.81. The van der Waals surface area contributed by atoms with Gasteiger partial charge in [-0.05, 0) is 12.1 Å². The van der Waals surface area contributed by atoms with E-state index in [9.17, 15) is 4.57 Å². The van der Waals surface area contributed by atoms with E-state index in [4.69, 9.17) is 4.89 Å². The molecular weight excluding hydrogens is 252 g/mol. The predicted molar refractivity (Wildman–Crippen MR) is 66.6 cm³/mol. The second-order valence-electron chi connectivity index (χ2n) is 2.95. The standard InChI is InChI=1S/C10H10NO4P.Na.H/c1-13-16(12)15-14-9-6-2-4-8-5-3-7-11-10(8)9;;/h2-7,16H,1H3;;. The Morgan fingerprint density at radius 2 is 2.00 bits per heavy atom. The van der Waals surface area contributed by atoms with E-state index >= 15 is 0 Å². The Balaban J connectivity index is 0.00000144. The number of hydrogen-bond donors (Lipinski definition) is 0. The van der Waals surface area contributed by atoms with Gasteiger partial charge in [0.05, 0.1) is 0 Å². The van der Waals surface area contributed by atoms with Gasteiger partial charge in [0.15, 0.2) is 5.75 Å². The van der Waals surface area contributed by atoms with Gasteiger partial charge in [0.25, 0.3) is 0 Å². The fraction of sp³-hybridized carbons (Fsp3) is 0.100. The van der Waals surface area contributed by atoms with Gasteiger partial charge in [-0.2, -0.15) is 0 Å². The van der Waals surface area contributed by atoms with E-state index in [1.165, 1.54) is 7.11 Å². The van der Waals surface area contributed by atoms with Crippen LogP contribution in [-0.4, -0.2) is 41.7 Å². The van der Waals surface area contributed by atoms with Crippen molar-refractivity contribution in [1.29, 1.82) is 0 Å². The zero-order valence-electron chi connectivity index (χ0n) is 8.54. The second-order valence-corrected chi connectivity index (χ2v) is 4.03. The van der Waals surface area contributed by atoms with E-state index in [1.807, 2.05) is 18.2 Å². The molecule has 1 atom stereocenters. The summed E-state index contributed by atoms with van der Waals surface area (Å²) in [6.07, 6.45) is 1.65. The summed E-state index contributed by atoms with van der Waals surface area (Å²) in [6.45, 7) is 0. The van der Waals surface area contributed by atoms with E-state index in [-0.39, 0.29) is 29.6 Å². The van der Waals surface area contributed by atoms with Gasteiger partial charge in [0.1, 0.15) is 5.52 Å². The average molecular weight is 263 g/mol. The van der Waals surface area contributed by atoms with Crippen molar-refractivity contribution >= 4 is 48.7 Å². The molecule has 1 aromatic heterocycles. The Morgan fingerprint density at radius 1 is 1.24 bits per heavy atom. The van der Waals surface area contributed by atoms with Crippen LogP contribution in [0.2, 0.25) is 0 Å². The molecule has 0 aliphatic carbocycles. The van der Waals surface area contributed by atoms with Crippen molar-refractivity contribution in [3.8, 4) is 5.75 Å². The number of pyridine rings is 1. The summed E-state index contributed by atoms with van der Waals surface area (Å²) in [7, 11) is -1.31. The maximum atomic E-state index is 10.9. The summed E-state index contributed by atoms with van der Waals surface area (Å²) in [5, 5.41) is 0.917. The molecule has 2 aromatic rings. The van der Waals surface area contributed by atoms with Crippen molar-refractivity contribution in [3.63, 3.8) is 0 Å². The monoisotopic (exact) mass is 263 g/mol. The van der Waals surface area contributed by atoms with Gasteiger partial charge in [-0.1, -0.05) is 18.2 Å². The molecular formula is C10H11NNaO4P. The van der Waals surface area contributed by atoms with Crippen LogP contribution in [0.3, 0.4) is 0 Å². The minimum atomic E-state index is -2.59. The number of nitrogens with zero attached hydrogens (tertiary/aromatic N) is 1. The molecule has 1 heterocycles. The molecule has 0 amide bonds. The van der Waals surface area contributed by atoms with Crippen LogP contribution in [-0.2, 0) is 13.8 Å². The minimum absolute atomic E-state index is 0. The molecule has 0 N–H and O–H groups in total. The van der Waals surface area contributed by atoms with E-state index in [2.05, 4.69) is 14.2 Å². The van der Waals surface area contributed by atoms with Crippen molar-refractivity contribution in [2.75, 3.05) is 7.11 Å². The number of benzene rings is 1. The van der Waals surface area contributed by atoms with Crippen molar-refractivity contribution in [3.05, 3.63) is 36.5 Å². The van der Waals surface area contributed by atoms with E-state index in [0.717, 1.165) is 5.39 Å². The first-order valence-electron chi connectivity index (χ1n) is 4.57. The molecule has 0 spiro atoms. The Hall–Kier alpha value is -0.420. The van der Waals surface area contributed by atoms with Crippen LogP contribution >= 0.6 is 8.25 Å². The second kappa shape index (κ2) is 7.11. The van der Waals surface area contributed by atoms with Crippen molar-refractivity contribution in [2.45, 2.75) is 0 Å². The number of fused-ring (bicyclic) bond motifs is 1. The quantitative estimate of drug-likeness (QED) is 0.365. The number of para-hydroxylation sites is 1. The molecule has 0 aliphatic heterocycles. The van der Waals surface area contributed by atoms with Crippen LogP contribution in [0.4, 0.5) is 0 Å². The molecule has 7 heteroatoms. The first kappa shape index (κ1) is 14.6. The van der Waals surface area contributed by atoms with Gasteiger partial charge in [-0.3, -0.25) is 9.55 Å². The normalized spacial score (nSPS) is 11.8. The zero-order valence-corrected chi connectivity index (χ0v) is 9.54. The maximum absolute atomic E-state index is 10.9. The van der Waals surface area contributed by atoms with E-state index in [1.54, 1.807) is 18.3 Å². The molecule has 0 fully saturated rings. The molecule has 0 saturated heterocycles. The fourth-order valence-corrected chi connectivity index (χ4v) is 1.48. The summed E-state index contributed by atoms with van der Waals surface area (Å²) >= 11 is 0. The molecule has 2 rings (SSSR count). The van der Waals surface area contributed by atoms with Crippen LogP contribution in [0.1, 0.15) is 0 Å². The molecule has 0 saturated carbocycles. The van der Waals surface area contributed by atoms with Crippen molar-refractivity contribution in [1.82, 2.24) is 4.98 Å². The third-order valence-electron chi connectivity index (χ3n) is 1.96. The van der Waals surface area contributed by atoms with Gasteiger partial charge in [-0.15, -0.1) is 4.67 Å². The third kappa shape index (κ3) is 3.78. The first-order valence-corrected chi connectivity index (χ1v) is 5.80. The summed E-state index contributed by atoms with van der Waals surface area (Å²) in [4.78, 5) is 9.07. The van der Waals surface area contributed by atoms with Crippen molar-refractivity contribution < 1.29 is 18.7 Å². The molecule has 0 bridgehead atoms. The number of rotatable bonds is 4. The van der Waals surface area contributed by atoms with Crippen LogP contribution in [0, 0.1) is 0 Å². The molecule has 0 radical (unpaired) electrons. The number of hydrogen-bond acceptors (Lipinski definition) is 5. The average Bonchev–Trinajstić information content (AvgIpc) is 2.35. The van der Waals surface area contributed by atoms with Crippen molar-refractivity contribution in [2.24, 2.45) is 0 Å². The Labute approximate surface area is 121 Å². The van der Waals surface area contributed by atoms with E-state index < -0.39 is 8.25 Å². The fourth-order valence-electron chi connectivity index (χ4n) is 1.26. The van der Waals surface area contributed by atoms with Crippen LogP contribution in [0.25, 0.3) is 10.9 Å². The molecule has 86 valence electrons. The van der Waals surface area contributed by atoms with Gasteiger partial charge in [0.2, 0.25) is 0 Å².